The Balaban J connectivity index is 2.13. The zero-order valence-electron chi connectivity index (χ0n) is 13.6. The lowest BCUT2D eigenvalue weighted by molar-refractivity contribution is -0.144. The molecule has 1 aromatic carbocycles. The molecule has 6 nitrogen and oxygen atoms in total. The number of nitrogens with zero attached hydrogens (tertiary/aromatic N) is 1. The van der Waals surface area contributed by atoms with Gasteiger partial charge in [-0.3, -0.25) is 9.59 Å². The van der Waals surface area contributed by atoms with Gasteiger partial charge in [0.2, 0.25) is 10.0 Å². The molecule has 0 radical (unpaired) electrons. The average Bonchev–Trinajstić information content (AvgIpc) is 2.86. The molecule has 0 fully saturated rings. The van der Waals surface area contributed by atoms with Crippen LogP contribution in [0, 0.1) is 5.92 Å². The maximum Gasteiger partial charge on any atom is 0.306 e. The van der Waals surface area contributed by atoms with Crippen molar-refractivity contribution >= 4 is 32.7 Å². The molecule has 2 aromatic rings. The van der Waals surface area contributed by atoms with Crippen LogP contribution in [0.15, 0.2) is 24.3 Å². The number of benzene rings is 1. The summed E-state index contributed by atoms with van der Waals surface area (Å²) in [4.78, 5) is 24.6. The van der Waals surface area contributed by atoms with Gasteiger partial charge in [-0.05, 0) is 31.4 Å². The molecule has 1 atom stereocenters. The number of carbonyl (C=O) groups excluding carboxylic acids is 2. The average molecular weight is 349 g/mol. The molecule has 0 amide bonds. The fraction of sp³-hybridized carbons (Fsp3) is 0.412. The first-order valence-electron chi connectivity index (χ1n) is 7.87. The summed E-state index contributed by atoms with van der Waals surface area (Å²) >= 11 is 0. The molecule has 0 saturated heterocycles. The van der Waals surface area contributed by atoms with Crippen molar-refractivity contribution < 1.29 is 22.7 Å². The third-order valence-electron chi connectivity index (χ3n) is 4.33. The fourth-order valence-corrected chi connectivity index (χ4v) is 4.43. The predicted molar refractivity (Wildman–Crippen MR) is 89.6 cm³/mol. The van der Waals surface area contributed by atoms with Crippen molar-refractivity contribution in [3.8, 4) is 0 Å². The molecule has 0 spiro atoms. The van der Waals surface area contributed by atoms with Crippen LogP contribution < -0.4 is 0 Å². The van der Waals surface area contributed by atoms with Gasteiger partial charge in [0.15, 0.2) is 5.78 Å². The number of aryl methyl sites for hydroxylation is 1. The van der Waals surface area contributed by atoms with Crippen molar-refractivity contribution in [2.24, 2.45) is 5.92 Å². The van der Waals surface area contributed by atoms with Gasteiger partial charge in [-0.25, -0.2) is 12.4 Å². The molecule has 1 aliphatic rings. The van der Waals surface area contributed by atoms with Gasteiger partial charge in [0, 0.05) is 11.3 Å². The molecule has 0 unspecified atom stereocenters. The molecule has 1 aromatic heterocycles. The van der Waals surface area contributed by atoms with E-state index in [9.17, 15) is 18.0 Å². The van der Waals surface area contributed by atoms with E-state index < -0.39 is 21.9 Å². The molecule has 1 heterocycles. The molecule has 7 heteroatoms. The van der Waals surface area contributed by atoms with Crippen molar-refractivity contribution in [1.29, 1.82) is 0 Å². The van der Waals surface area contributed by atoms with Crippen molar-refractivity contribution in [3.05, 3.63) is 35.5 Å². The van der Waals surface area contributed by atoms with Crippen molar-refractivity contribution in [3.63, 3.8) is 0 Å². The van der Waals surface area contributed by atoms with E-state index in [0.29, 0.717) is 18.4 Å². The van der Waals surface area contributed by atoms with E-state index >= 15 is 0 Å². The maximum atomic E-state index is 12.9. The summed E-state index contributed by atoms with van der Waals surface area (Å²) < 4.78 is 30.6. The Morgan fingerprint density at radius 1 is 1.33 bits per heavy atom. The number of para-hydroxylation sites is 1. The van der Waals surface area contributed by atoms with Crippen LogP contribution in [0.1, 0.15) is 35.8 Å². The van der Waals surface area contributed by atoms with Crippen LogP contribution in [0.4, 0.5) is 0 Å². The summed E-state index contributed by atoms with van der Waals surface area (Å²) in [5.41, 5.74) is 1.45. The maximum absolute atomic E-state index is 12.9. The van der Waals surface area contributed by atoms with Gasteiger partial charge in [0.05, 0.1) is 24.8 Å². The first-order chi connectivity index (χ1) is 11.3. The third-order valence-corrected chi connectivity index (χ3v) is 5.38. The Bertz CT molecular complexity index is 926. The zero-order valence-corrected chi connectivity index (χ0v) is 14.4. The summed E-state index contributed by atoms with van der Waals surface area (Å²) in [5.74, 6) is -1.27. The molecule has 128 valence electrons. The van der Waals surface area contributed by atoms with E-state index in [1.807, 2.05) is 12.1 Å². The Kier molecular flexibility index (Phi) is 4.21. The summed E-state index contributed by atoms with van der Waals surface area (Å²) in [5, 5.41) is 0.779. The van der Waals surface area contributed by atoms with Gasteiger partial charge in [0.1, 0.15) is 5.69 Å². The number of rotatable bonds is 4. The number of aromatic nitrogens is 1. The second kappa shape index (κ2) is 6.05. The van der Waals surface area contributed by atoms with Gasteiger partial charge < -0.3 is 4.74 Å². The molecular formula is C17H19NO5S. The first-order valence-corrected chi connectivity index (χ1v) is 9.72. The van der Waals surface area contributed by atoms with Crippen molar-refractivity contribution in [1.82, 2.24) is 3.97 Å². The minimum Gasteiger partial charge on any atom is -0.466 e. The Morgan fingerprint density at radius 3 is 2.71 bits per heavy atom. The Morgan fingerprint density at radius 2 is 2.04 bits per heavy atom. The molecular weight excluding hydrogens is 330 g/mol. The largest absolute Gasteiger partial charge is 0.466 e. The smallest absolute Gasteiger partial charge is 0.306 e. The number of esters is 1. The molecule has 3 rings (SSSR count). The van der Waals surface area contributed by atoms with E-state index in [2.05, 4.69) is 0 Å². The highest BCUT2D eigenvalue weighted by atomic mass is 32.2. The number of hydrogen-bond donors (Lipinski definition) is 0. The standard InChI is InChI=1S/C17H19NO5S/c1-3-23-15(19)10-11-8-9-13-12-6-4-5-7-14(12)18(24(2,21)22)16(13)17(11)20/h4-7,11H,3,8-10H2,1-2H3/t11-/m0/s1. The van der Waals surface area contributed by atoms with Crippen molar-refractivity contribution in [2.75, 3.05) is 12.9 Å². The van der Waals surface area contributed by atoms with Gasteiger partial charge in [-0.15, -0.1) is 0 Å². The lowest BCUT2D eigenvalue weighted by Crippen LogP contribution is -2.29. The van der Waals surface area contributed by atoms with Crippen LogP contribution >= 0.6 is 0 Å². The highest BCUT2D eigenvalue weighted by molar-refractivity contribution is 7.89. The molecule has 0 bridgehead atoms. The number of hydrogen-bond acceptors (Lipinski definition) is 5. The quantitative estimate of drug-likeness (QED) is 0.790. The fourth-order valence-electron chi connectivity index (χ4n) is 3.38. The predicted octanol–water partition coefficient (Wildman–Crippen LogP) is 2.15. The number of Topliss-reactive ketones (excluding diaryl/α,β-unsaturated/α-hetero) is 1. The molecule has 1 aliphatic carbocycles. The van der Waals surface area contributed by atoms with Crippen LogP contribution in [-0.2, 0) is 26.0 Å². The minimum absolute atomic E-state index is 0.0165. The van der Waals surface area contributed by atoms with Gasteiger partial charge in [-0.1, -0.05) is 18.2 Å². The van der Waals surface area contributed by atoms with E-state index in [-0.39, 0.29) is 24.5 Å². The van der Waals surface area contributed by atoms with E-state index in [4.69, 9.17) is 4.74 Å². The summed E-state index contributed by atoms with van der Waals surface area (Å²) in [6.45, 7) is 1.97. The van der Waals surface area contributed by atoms with Crippen LogP contribution in [0.5, 0.6) is 0 Å². The normalized spacial score (nSPS) is 17.8. The van der Waals surface area contributed by atoms with Gasteiger partial charge >= 0.3 is 5.97 Å². The van der Waals surface area contributed by atoms with E-state index in [1.54, 1.807) is 19.1 Å². The monoisotopic (exact) mass is 349 g/mol. The van der Waals surface area contributed by atoms with Crippen LogP contribution in [0.2, 0.25) is 0 Å². The second-order valence-corrected chi connectivity index (χ2v) is 7.81. The summed E-state index contributed by atoms with van der Waals surface area (Å²) in [6.07, 6.45) is 2.15. The first kappa shape index (κ1) is 16.7. The molecule has 0 N–H and O–H groups in total. The minimum atomic E-state index is -3.64. The lowest BCUT2D eigenvalue weighted by atomic mass is 9.84. The lowest BCUT2D eigenvalue weighted by Gasteiger charge is -2.21. The highest BCUT2D eigenvalue weighted by Gasteiger charge is 2.36. The van der Waals surface area contributed by atoms with Crippen LogP contribution in [-0.4, -0.2) is 37.0 Å². The number of fused-ring (bicyclic) bond motifs is 3. The Labute approximate surface area is 140 Å². The third kappa shape index (κ3) is 2.73. The number of ether oxygens (including phenoxy) is 1. The van der Waals surface area contributed by atoms with Crippen LogP contribution in [0.25, 0.3) is 10.9 Å². The molecule has 0 saturated carbocycles. The topological polar surface area (TPSA) is 82.4 Å². The zero-order chi connectivity index (χ0) is 17.5. The van der Waals surface area contributed by atoms with E-state index in [1.165, 1.54) is 0 Å². The van der Waals surface area contributed by atoms with E-state index in [0.717, 1.165) is 21.2 Å². The SMILES string of the molecule is CCOC(=O)C[C@@H]1CCc2c(n(S(C)(=O)=O)c3ccccc23)C1=O. The highest BCUT2D eigenvalue weighted by Crippen LogP contribution is 2.36. The molecule has 24 heavy (non-hydrogen) atoms. The second-order valence-electron chi connectivity index (χ2n) is 5.98. The number of ketones is 1. The number of carbonyl (C=O) groups is 2. The molecule has 0 aliphatic heterocycles. The van der Waals surface area contributed by atoms with Crippen molar-refractivity contribution in [2.45, 2.75) is 26.2 Å². The van der Waals surface area contributed by atoms with Gasteiger partial charge in [-0.2, -0.15) is 0 Å². The summed E-state index contributed by atoms with van der Waals surface area (Å²) in [7, 11) is -3.64. The van der Waals surface area contributed by atoms with Gasteiger partial charge in [0.25, 0.3) is 0 Å². The summed E-state index contributed by atoms with van der Waals surface area (Å²) in [6, 6.07) is 7.09. The van der Waals surface area contributed by atoms with Crippen LogP contribution in [0.3, 0.4) is 0 Å². The Hall–Kier alpha value is -2.15.